The lowest BCUT2D eigenvalue weighted by Gasteiger charge is -2.35. The van der Waals surface area contributed by atoms with Crippen LogP contribution in [-0.2, 0) is 10.2 Å². The summed E-state index contributed by atoms with van der Waals surface area (Å²) in [4.78, 5) is 23.9. The van der Waals surface area contributed by atoms with Crippen LogP contribution < -0.4 is 10.1 Å². The number of fused-ring (bicyclic) bond motifs is 2. The summed E-state index contributed by atoms with van der Waals surface area (Å²) in [5, 5.41) is 12.1. The van der Waals surface area contributed by atoms with Crippen molar-refractivity contribution in [1.82, 2.24) is 0 Å². The summed E-state index contributed by atoms with van der Waals surface area (Å²) in [6.45, 7) is 0. The molecule has 0 bridgehead atoms. The molecule has 1 amide bonds. The molecule has 1 aliphatic carbocycles. The molecule has 2 N–H and O–H groups in total. The van der Waals surface area contributed by atoms with Crippen LogP contribution in [0.5, 0.6) is 5.75 Å². The number of hydrogen-bond donors (Lipinski definition) is 2. The van der Waals surface area contributed by atoms with Gasteiger partial charge < -0.3 is 15.2 Å². The fourth-order valence-electron chi connectivity index (χ4n) is 3.99. The number of nitrogens with one attached hydrogen (secondary N) is 1. The zero-order valence-corrected chi connectivity index (χ0v) is 14.3. The van der Waals surface area contributed by atoms with E-state index in [-0.39, 0.29) is 23.3 Å². The first kappa shape index (κ1) is 17.5. The van der Waals surface area contributed by atoms with Gasteiger partial charge in [0.15, 0.2) is 11.6 Å². The van der Waals surface area contributed by atoms with Crippen molar-refractivity contribution >= 4 is 17.6 Å². The Morgan fingerprint density at radius 2 is 1.89 bits per heavy atom. The van der Waals surface area contributed by atoms with Crippen molar-refractivity contribution in [3.63, 3.8) is 0 Å². The maximum Gasteiger partial charge on any atom is 0.335 e. The molecule has 0 aromatic heterocycles. The maximum atomic E-state index is 13.8. The summed E-state index contributed by atoms with van der Waals surface area (Å²) < 4.78 is 32.7. The molecular formula is C20H17F2NO4. The van der Waals surface area contributed by atoms with Crippen LogP contribution in [0, 0.1) is 11.6 Å². The number of carbonyl (C=O) groups excluding carboxylic acids is 1. The van der Waals surface area contributed by atoms with E-state index in [2.05, 4.69) is 5.32 Å². The van der Waals surface area contributed by atoms with Gasteiger partial charge >= 0.3 is 5.97 Å². The number of rotatable bonds is 3. The maximum absolute atomic E-state index is 13.8. The number of hydrogen-bond acceptors (Lipinski definition) is 3. The van der Waals surface area contributed by atoms with E-state index in [0.717, 1.165) is 18.2 Å². The first-order chi connectivity index (χ1) is 12.9. The highest BCUT2D eigenvalue weighted by atomic mass is 19.1. The Labute approximate surface area is 154 Å². The van der Waals surface area contributed by atoms with Crippen molar-refractivity contribution in [1.29, 1.82) is 0 Å². The van der Waals surface area contributed by atoms with Gasteiger partial charge in [-0.15, -0.1) is 0 Å². The van der Waals surface area contributed by atoms with E-state index >= 15 is 0 Å². The lowest BCUT2D eigenvalue weighted by Crippen LogP contribution is -2.41. The molecule has 1 spiro atoms. The Morgan fingerprint density at radius 3 is 2.59 bits per heavy atom. The van der Waals surface area contributed by atoms with Gasteiger partial charge in [0.2, 0.25) is 5.91 Å². The number of benzene rings is 2. The Balaban J connectivity index is 1.55. The minimum atomic E-state index is -1.05. The number of halogens is 2. The van der Waals surface area contributed by atoms with Crippen LogP contribution in [0.25, 0.3) is 0 Å². The molecule has 1 heterocycles. The summed E-state index contributed by atoms with van der Waals surface area (Å²) >= 11 is 0. The van der Waals surface area contributed by atoms with Gasteiger partial charge in [-0.25, -0.2) is 13.6 Å². The van der Waals surface area contributed by atoms with E-state index in [1.54, 1.807) is 12.1 Å². The van der Waals surface area contributed by atoms with Gasteiger partial charge in [0.1, 0.15) is 5.82 Å². The van der Waals surface area contributed by atoms with Crippen LogP contribution in [0.15, 0.2) is 36.4 Å². The first-order valence-corrected chi connectivity index (χ1v) is 8.70. The summed E-state index contributed by atoms with van der Waals surface area (Å²) in [5.41, 5.74) is 0.634. The average Bonchev–Trinajstić information content (AvgIpc) is 2.91. The van der Waals surface area contributed by atoms with Crippen molar-refractivity contribution in [2.45, 2.75) is 37.2 Å². The largest absolute Gasteiger partial charge is 0.487 e. The van der Waals surface area contributed by atoms with Gasteiger partial charge in [0, 0.05) is 11.8 Å². The lowest BCUT2D eigenvalue weighted by molar-refractivity contribution is -0.122. The zero-order valence-electron chi connectivity index (χ0n) is 14.3. The predicted octanol–water partition coefficient (Wildman–Crippen LogP) is 3.87. The molecule has 27 heavy (non-hydrogen) atoms. The standard InChI is InChI=1S/C20H17F2NO4/c21-12-2-3-15(22)17(10-12)27-13-5-7-20(8-6-13)14-9-11(18(24)25)1-4-16(14)23-19(20)26/h1-4,9-10,13H,5-8H2,(H,23,26)(H,24,25). The molecule has 7 heteroatoms. The van der Waals surface area contributed by atoms with Gasteiger partial charge in [-0.3, -0.25) is 4.79 Å². The first-order valence-electron chi connectivity index (χ1n) is 8.70. The van der Waals surface area contributed by atoms with E-state index in [4.69, 9.17) is 4.74 Å². The lowest BCUT2D eigenvalue weighted by atomic mass is 9.69. The number of carboxylic acids is 1. The van der Waals surface area contributed by atoms with Crippen molar-refractivity contribution in [3.8, 4) is 5.75 Å². The van der Waals surface area contributed by atoms with E-state index in [1.807, 2.05) is 0 Å². The minimum absolute atomic E-state index is 0.129. The second-order valence-corrected chi connectivity index (χ2v) is 6.99. The summed E-state index contributed by atoms with van der Waals surface area (Å²) in [6.07, 6.45) is 1.49. The zero-order chi connectivity index (χ0) is 19.2. The molecule has 4 rings (SSSR count). The predicted molar refractivity (Wildman–Crippen MR) is 93.0 cm³/mol. The van der Waals surface area contributed by atoms with Gasteiger partial charge in [0.05, 0.1) is 17.1 Å². The molecule has 2 aliphatic rings. The monoisotopic (exact) mass is 373 g/mol. The van der Waals surface area contributed by atoms with E-state index < -0.39 is 23.0 Å². The number of anilines is 1. The van der Waals surface area contributed by atoms with Crippen molar-refractivity contribution in [2.24, 2.45) is 0 Å². The van der Waals surface area contributed by atoms with Gasteiger partial charge in [-0.2, -0.15) is 0 Å². The van der Waals surface area contributed by atoms with Crippen molar-refractivity contribution in [3.05, 3.63) is 59.2 Å². The second kappa shape index (κ2) is 6.33. The average molecular weight is 373 g/mol. The van der Waals surface area contributed by atoms with Gasteiger partial charge in [-0.1, -0.05) is 0 Å². The molecule has 1 saturated carbocycles. The molecule has 1 fully saturated rings. The van der Waals surface area contributed by atoms with Crippen LogP contribution in [0.3, 0.4) is 0 Å². The minimum Gasteiger partial charge on any atom is -0.487 e. The van der Waals surface area contributed by atoms with Gasteiger partial charge in [0.25, 0.3) is 0 Å². The second-order valence-electron chi connectivity index (χ2n) is 6.99. The van der Waals surface area contributed by atoms with Crippen molar-refractivity contribution < 1.29 is 28.2 Å². The molecule has 2 aromatic rings. The highest BCUT2D eigenvalue weighted by Gasteiger charge is 2.49. The van der Waals surface area contributed by atoms with E-state index in [0.29, 0.717) is 36.9 Å². The fraction of sp³-hybridized carbons (Fsp3) is 0.300. The molecule has 1 aliphatic heterocycles. The van der Waals surface area contributed by atoms with Crippen molar-refractivity contribution in [2.75, 3.05) is 5.32 Å². The Kier molecular flexibility index (Phi) is 4.09. The summed E-state index contributed by atoms with van der Waals surface area (Å²) in [7, 11) is 0. The topological polar surface area (TPSA) is 75.6 Å². The number of carbonyl (C=O) groups is 2. The Morgan fingerprint density at radius 1 is 1.15 bits per heavy atom. The highest BCUT2D eigenvalue weighted by Crippen LogP contribution is 2.48. The molecule has 0 unspecified atom stereocenters. The number of ether oxygens (including phenoxy) is 1. The van der Waals surface area contributed by atoms with Crippen LogP contribution in [0.1, 0.15) is 41.6 Å². The SMILES string of the molecule is O=C(O)c1ccc2c(c1)C1(CCC(Oc3cc(F)ccc3F)CC1)C(=O)N2. The third kappa shape index (κ3) is 2.93. The molecule has 140 valence electrons. The molecule has 2 aromatic carbocycles. The normalized spacial score (nSPS) is 23.8. The van der Waals surface area contributed by atoms with E-state index in [9.17, 15) is 23.5 Å². The van der Waals surface area contributed by atoms with Crippen LogP contribution in [-0.4, -0.2) is 23.1 Å². The third-order valence-electron chi connectivity index (χ3n) is 5.44. The molecule has 0 radical (unpaired) electrons. The van der Waals surface area contributed by atoms with Crippen LogP contribution in [0.4, 0.5) is 14.5 Å². The molecular weight excluding hydrogens is 356 g/mol. The number of carboxylic acid groups (broad SMARTS) is 1. The Hall–Kier alpha value is -2.96. The number of amides is 1. The fourth-order valence-corrected chi connectivity index (χ4v) is 3.99. The Bertz CT molecular complexity index is 936. The number of aromatic carboxylic acids is 1. The van der Waals surface area contributed by atoms with E-state index in [1.165, 1.54) is 6.07 Å². The quantitative estimate of drug-likeness (QED) is 0.856. The third-order valence-corrected chi connectivity index (χ3v) is 5.44. The van der Waals surface area contributed by atoms with Crippen LogP contribution in [0.2, 0.25) is 0 Å². The smallest absolute Gasteiger partial charge is 0.335 e. The molecule has 0 saturated heterocycles. The highest BCUT2D eigenvalue weighted by molar-refractivity contribution is 6.07. The summed E-state index contributed by atoms with van der Waals surface area (Å²) in [6, 6.07) is 7.67. The summed E-state index contributed by atoms with van der Waals surface area (Å²) in [5.74, 6) is -2.56. The van der Waals surface area contributed by atoms with Gasteiger partial charge in [-0.05, 0) is 61.6 Å². The van der Waals surface area contributed by atoms with Crippen LogP contribution >= 0.6 is 0 Å². The molecule has 5 nitrogen and oxygen atoms in total. The molecule has 0 atom stereocenters.